The van der Waals surface area contributed by atoms with Gasteiger partial charge in [-0.15, -0.1) is 0 Å². The van der Waals surface area contributed by atoms with Crippen molar-refractivity contribution in [3.63, 3.8) is 0 Å². The molecule has 0 aliphatic rings. The first-order valence-electron chi connectivity index (χ1n) is 8.38. The van der Waals surface area contributed by atoms with Crippen LogP contribution in [0.2, 0.25) is 0 Å². The second-order valence-electron chi connectivity index (χ2n) is 5.58. The molecule has 0 saturated heterocycles. The van der Waals surface area contributed by atoms with Crippen molar-refractivity contribution in [1.29, 1.82) is 0 Å². The summed E-state index contributed by atoms with van der Waals surface area (Å²) in [5, 5.41) is 0. The Balaban J connectivity index is 4.11. The molecule has 0 heterocycles. The van der Waals surface area contributed by atoms with Crippen molar-refractivity contribution in [3.8, 4) is 0 Å². The van der Waals surface area contributed by atoms with Gasteiger partial charge in [0.2, 0.25) is 0 Å². The number of esters is 1. The monoisotopic (exact) mass is 286 g/mol. The average molecular weight is 286 g/mol. The molecular weight excluding hydrogens is 252 g/mol. The normalized spacial score (nSPS) is 14.0. The van der Waals surface area contributed by atoms with Crippen LogP contribution in [-0.2, 0) is 14.3 Å². The van der Waals surface area contributed by atoms with Gasteiger partial charge < -0.3 is 9.47 Å². The maximum absolute atomic E-state index is 12.2. The largest absolute Gasteiger partial charge is 0.463 e. The molecule has 3 heteroatoms. The van der Waals surface area contributed by atoms with Crippen LogP contribution in [0.15, 0.2) is 0 Å². The SMILES string of the molecule is CCCCCCC(CCCC)C(=O)OCC(CC)OC. The van der Waals surface area contributed by atoms with E-state index in [0.29, 0.717) is 6.61 Å². The Morgan fingerprint density at radius 1 is 0.950 bits per heavy atom. The highest BCUT2D eigenvalue weighted by Gasteiger charge is 2.20. The smallest absolute Gasteiger partial charge is 0.309 e. The first-order chi connectivity index (χ1) is 9.69. The third kappa shape index (κ3) is 9.35. The molecule has 0 aliphatic heterocycles. The molecule has 2 unspecified atom stereocenters. The quantitative estimate of drug-likeness (QED) is 0.362. The third-order valence-electron chi connectivity index (χ3n) is 3.85. The Bertz CT molecular complexity index is 224. The lowest BCUT2D eigenvalue weighted by Gasteiger charge is -2.18. The molecule has 0 aliphatic carbocycles. The number of rotatable bonds is 13. The first-order valence-corrected chi connectivity index (χ1v) is 8.38. The van der Waals surface area contributed by atoms with Crippen LogP contribution >= 0.6 is 0 Å². The Kier molecular flexibility index (Phi) is 13.0. The number of carbonyl (C=O) groups is 1. The molecule has 120 valence electrons. The van der Waals surface area contributed by atoms with Crippen LogP contribution in [0.1, 0.15) is 78.6 Å². The van der Waals surface area contributed by atoms with Crippen LogP contribution in [0.25, 0.3) is 0 Å². The maximum Gasteiger partial charge on any atom is 0.309 e. The van der Waals surface area contributed by atoms with Gasteiger partial charge in [-0.25, -0.2) is 0 Å². The highest BCUT2D eigenvalue weighted by molar-refractivity contribution is 5.72. The maximum atomic E-state index is 12.2. The van der Waals surface area contributed by atoms with Gasteiger partial charge in [-0.1, -0.05) is 59.3 Å². The van der Waals surface area contributed by atoms with Gasteiger partial charge in [0, 0.05) is 7.11 Å². The van der Waals surface area contributed by atoms with Crippen LogP contribution in [0.5, 0.6) is 0 Å². The van der Waals surface area contributed by atoms with Crippen LogP contribution in [0.4, 0.5) is 0 Å². The van der Waals surface area contributed by atoms with Gasteiger partial charge >= 0.3 is 5.97 Å². The van der Waals surface area contributed by atoms with Crippen LogP contribution in [0, 0.1) is 5.92 Å². The number of carbonyl (C=O) groups excluding carboxylic acids is 1. The number of hydrogen-bond donors (Lipinski definition) is 0. The topological polar surface area (TPSA) is 35.5 Å². The Morgan fingerprint density at radius 3 is 2.15 bits per heavy atom. The number of hydrogen-bond acceptors (Lipinski definition) is 3. The predicted molar refractivity (Wildman–Crippen MR) is 83.8 cm³/mol. The fraction of sp³-hybridized carbons (Fsp3) is 0.941. The summed E-state index contributed by atoms with van der Waals surface area (Å²) in [7, 11) is 1.67. The standard InChI is InChI=1S/C17H34O3/c1-5-8-10-11-13-15(12-9-6-2)17(18)20-14-16(7-3)19-4/h15-16H,5-14H2,1-4H3. The van der Waals surface area contributed by atoms with E-state index in [1.54, 1.807) is 7.11 Å². The lowest BCUT2D eigenvalue weighted by Crippen LogP contribution is -2.24. The highest BCUT2D eigenvalue weighted by Crippen LogP contribution is 2.19. The van der Waals surface area contributed by atoms with Crippen molar-refractivity contribution in [3.05, 3.63) is 0 Å². The van der Waals surface area contributed by atoms with E-state index in [0.717, 1.165) is 38.5 Å². The third-order valence-corrected chi connectivity index (χ3v) is 3.85. The van der Waals surface area contributed by atoms with Crippen molar-refractivity contribution in [2.75, 3.05) is 13.7 Å². The molecule has 0 aromatic rings. The van der Waals surface area contributed by atoms with E-state index < -0.39 is 0 Å². The van der Waals surface area contributed by atoms with Gasteiger partial charge in [0.05, 0.1) is 12.0 Å². The zero-order valence-electron chi connectivity index (χ0n) is 14.0. The van der Waals surface area contributed by atoms with Gasteiger partial charge in [-0.2, -0.15) is 0 Å². The molecule has 0 amide bonds. The lowest BCUT2D eigenvalue weighted by atomic mass is 9.95. The average Bonchev–Trinajstić information content (AvgIpc) is 2.47. The predicted octanol–water partition coefficient (Wildman–Crippen LogP) is 4.73. The summed E-state index contributed by atoms with van der Waals surface area (Å²) >= 11 is 0. The molecule has 0 fully saturated rings. The summed E-state index contributed by atoms with van der Waals surface area (Å²) in [6, 6.07) is 0. The van der Waals surface area contributed by atoms with E-state index in [1.165, 1.54) is 19.3 Å². The van der Waals surface area contributed by atoms with E-state index in [4.69, 9.17) is 9.47 Å². The lowest BCUT2D eigenvalue weighted by molar-refractivity contribution is -0.152. The Morgan fingerprint density at radius 2 is 1.60 bits per heavy atom. The van der Waals surface area contributed by atoms with Gasteiger partial charge in [-0.3, -0.25) is 4.79 Å². The minimum Gasteiger partial charge on any atom is -0.463 e. The molecule has 3 nitrogen and oxygen atoms in total. The van der Waals surface area contributed by atoms with Crippen molar-refractivity contribution < 1.29 is 14.3 Å². The summed E-state index contributed by atoms with van der Waals surface area (Å²) in [6.45, 7) is 6.81. The minimum atomic E-state index is -0.0227. The molecule has 0 saturated carbocycles. The molecule has 20 heavy (non-hydrogen) atoms. The fourth-order valence-corrected chi connectivity index (χ4v) is 2.29. The highest BCUT2D eigenvalue weighted by atomic mass is 16.6. The first kappa shape index (κ1) is 19.4. The zero-order chi connectivity index (χ0) is 15.2. The second kappa shape index (κ2) is 13.4. The molecular formula is C17H34O3. The summed E-state index contributed by atoms with van der Waals surface area (Å²) < 4.78 is 10.7. The van der Waals surface area contributed by atoms with Gasteiger partial charge in [-0.05, 0) is 19.3 Å². The minimum absolute atomic E-state index is 0.0227. The second-order valence-corrected chi connectivity index (χ2v) is 5.58. The summed E-state index contributed by atoms with van der Waals surface area (Å²) in [5.41, 5.74) is 0. The molecule has 0 aromatic heterocycles. The van der Waals surface area contributed by atoms with E-state index in [9.17, 15) is 4.79 Å². The number of methoxy groups -OCH3 is 1. The van der Waals surface area contributed by atoms with E-state index in [2.05, 4.69) is 13.8 Å². The molecule has 0 spiro atoms. The Labute approximate surface area is 125 Å². The summed E-state index contributed by atoms with van der Waals surface area (Å²) in [5.74, 6) is 0.0617. The van der Waals surface area contributed by atoms with Gasteiger partial charge in [0.1, 0.15) is 6.61 Å². The van der Waals surface area contributed by atoms with Gasteiger partial charge in [0.15, 0.2) is 0 Å². The van der Waals surface area contributed by atoms with Crippen LogP contribution in [0.3, 0.4) is 0 Å². The van der Waals surface area contributed by atoms with Gasteiger partial charge in [0.25, 0.3) is 0 Å². The molecule has 2 atom stereocenters. The summed E-state index contributed by atoms with van der Waals surface area (Å²) in [4.78, 5) is 12.2. The fourth-order valence-electron chi connectivity index (χ4n) is 2.29. The molecule has 0 N–H and O–H groups in total. The zero-order valence-corrected chi connectivity index (χ0v) is 14.0. The van der Waals surface area contributed by atoms with E-state index in [-0.39, 0.29) is 18.0 Å². The van der Waals surface area contributed by atoms with E-state index >= 15 is 0 Å². The number of unbranched alkanes of at least 4 members (excludes halogenated alkanes) is 4. The van der Waals surface area contributed by atoms with Crippen molar-refractivity contribution >= 4 is 5.97 Å². The van der Waals surface area contributed by atoms with Crippen LogP contribution < -0.4 is 0 Å². The molecule has 0 radical (unpaired) electrons. The molecule has 0 bridgehead atoms. The van der Waals surface area contributed by atoms with Crippen molar-refractivity contribution in [1.82, 2.24) is 0 Å². The van der Waals surface area contributed by atoms with Crippen molar-refractivity contribution in [2.24, 2.45) is 5.92 Å². The van der Waals surface area contributed by atoms with Crippen LogP contribution in [-0.4, -0.2) is 25.8 Å². The summed E-state index contributed by atoms with van der Waals surface area (Å²) in [6.07, 6.45) is 9.94. The van der Waals surface area contributed by atoms with E-state index in [1.807, 2.05) is 6.92 Å². The van der Waals surface area contributed by atoms with Crippen molar-refractivity contribution in [2.45, 2.75) is 84.7 Å². The molecule has 0 aromatic carbocycles. The number of ether oxygens (including phenoxy) is 2. The Hall–Kier alpha value is -0.570. The molecule has 0 rings (SSSR count).